The Morgan fingerprint density at radius 3 is 2.41 bits per heavy atom. The molecule has 1 aromatic rings. The molecule has 148 valence electrons. The standard InChI is InChI=1S/C16H17F3N2O6/c17-16(18,19)8-27-11-5-6-13(21(25)26)12(7-11)14(22)20-10-3-1-9(2-4-10)15(23)24/h5-7,9-10H,1-4,8H2,(H,20,22)(H,23,24). The van der Waals surface area contributed by atoms with Crippen LogP contribution in [0.3, 0.4) is 0 Å². The molecule has 1 fully saturated rings. The highest BCUT2D eigenvalue weighted by molar-refractivity contribution is 5.98. The zero-order chi connectivity index (χ0) is 20.2. The van der Waals surface area contributed by atoms with Gasteiger partial charge in [0.05, 0.1) is 10.8 Å². The maximum atomic E-state index is 12.4. The molecule has 0 atom stereocenters. The van der Waals surface area contributed by atoms with Gasteiger partial charge in [0.2, 0.25) is 0 Å². The van der Waals surface area contributed by atoms with E-state index in [0.717, 1.165) is 18.2 Å². The zero-order valence-corrected chi connectivity index (χ0v) is 14.0. The molecule has 1 aliphatic rings. The Hall–Kier alpha value is -2.85. The topological polar surface area (TPSA) is 119 Å². The largest absolute Gasteiger partial charge is 0.484 e. The van der Waals surface area contributed by atoms with Crippen LogP contribution in [0.5, 0.6) is 5.75 Å². The van der Waals surface area contributed by atoms with Crippen LogP contribution in [0.4, 0.5) is 18.9 Å². The van der Waals surface area contributed by atoms with Crippen LogP contribution < -0.4 is 10.1 Å². The molecule has 1 aromatic carbocycles. The van der Waals surface area contributed by atoms with Gasteiger partial charge in [-0.3, -0.25) is 19.7 Å². The second-order valence-electron chi connectivity index (χ2n) is 6.20. The number of hydrogen-bond donors (Lipinski definition) is 2. The summed E-state index contributed by atoms with van der Waals surface area (Å²) >= 11 is 0. The van der Waals surface area contributed by atoms with E-state index < -0.39 is 46.8 Å². The fraction of sp³-hybridized carbons (Fsp3) is 0.500. The van der Waals surface area contributed by atoms with E-state index in [9.17, 15) is 32.9 Å². The second-order valence-corrected chi connectivity index (χ2v) is 6.20. The van der Waals surface area contributed by atoms with Gasteiger partial charge in [0.25, 0.3) is 11.6 Å². The first kappa shape index (κ1) is 20.5. The molecule has 11 heteroatoms. The summed E-state index contributed by atoms with van der Waals surface area (Å²) in [4.78, 5) is 33.6. The van der Waals surface area contributed by atoms with E-state index in [1.807, 2.05) is 0 Å². The molecule has 0 spiro atoms. The minimum atomic E-state index is -4.59. The van der Waals surface area contributed by atoms with Crippen LogP contribution in [0, 0.1) is 16.0 Å². The van der Waals surface area contributed by atoms with Crippen LogP contribution in [0.2, 0.25) is 0 Å². The van der Waals surface area contributed by atoms with E-state index in [-0.39, 0.29) is 11.8 Å². The minimum absolute atomic E-state index is 0.322. The monoisotopic (exact) mass is 390 g/mol. The van der Waals surface area contributed by atoms with Crippen LogP contribution in [-0.4, -0.2) is 40.7 Å². The lowest BCUT2D eigenvalue weighted by molar-refractivity contribution is -0.385. The second kappa shape index (κ2) is 8.23. The Morgan fingerprint density at radius 2 is 1.89 bits per heavy atom. The normalized spacial score (nSPS) is 20.0. The van der Waals surface area contributed by atoms with E-state index in [1.54, 1.807) is 0 Å². The Kier molecular flexibility index (Phi) is 6.24. The van der Waals surface area contributed by atoms with Crippen molar-refractivity contribution >= 4 is 17.6 Å². The number of halogens is 3. The third-order valence-electron chi connectivity index (χ3n) is 4.22. The molecule has 27 heavy (non-hydrogen) atoms. The first-order valence-electron chi connectivity index (χ1n) is 8.08. The van der Waals surface area contributed by atoms with Gasteiger partial charge in [-0.2, -0.15) is 13.2 Å². The van der Waals surface area contributed by atoms with Gasteiger partial charge >= 0.3 is 12.1 Å². The van der Waals surface area contributed by atoms with Crippen LogP contribution in [0.1, 0.15) is 36.0 Å². The predicted octanol–water partition coefficient (Wildman–Crippen LogP) is 2.91. The third kappa shape index (κ3) is 5.83. The van der Waals surface area contributed by atoms with Crippen molar-refractivity contribution in [1.82, 2.24) is 5.32 Å². The third-order valence-corrected chi connectivity index (χ3v) is 4.22. The molecule has 0 aliphatic heterocycles. The van der Waals surface area contributed by atoms with Gasteiger partial charge in [-0.25, -0.2) is 0 Å². The summed E-state index contributed by atoms with van der Waals surface area (Å²) < 4.78 is 41.3. The number of carbonyl (C=O) groups is 2. The number of alkyl halides is 3. The van der Waals surface area contributed by atoms with Gasteiger partial charge in [0.1, 0.15) is 11.3 Å². The van der Waals surface area contributed by atoms with Crippen molar-refractivity contribution in [3.8, 4) is 5.75 Å². The van der Waals surface area contributed by atoms with Crippen molar-refractivity contribution < 1.29 is 37.5 Å². The maximum absolute atomic E-state index is 12.4. The number of rotatable bonds is 6. The van der Waals surface area contributed by atoms with Gasteiger partial charge in [-0.15, -0.1) is 0 Å². The molecule has 0 radical (unpaired) electrons. The van der Waals surface area contributed by atoms with E-state index in [2.05, 4.69) is 10.1 Å². The summed E-state index contributed by atoms with van der Waals surface area (Å²) in [6.07, 6.45) is -3.09. The number of nitro benzene ring substituents is 1. The summed E-state index contributed by atoms with van der Waals surface area (Å²) in [5, 5.41) is 22.6. The number of nitrogens with one attached hydrogen (secondary N) is 1. The number of hydrogen-bond acceptors (Lipinski definition) is 5. The van der Waals surface area contributed by atoms with E-state index in [0.29, 0.717) is 25.7 Å². The molecule has 2 rings (SSSR count). The quantitative estimate of drug-likeness (QED) is 0.569. The molecule has 8 nitrogen and oxygen atoms in total. The molecule has 0 bridgehead atoms. The lowest BCUT2D eigenvalue weighted by Crippen LogP contribution is -2.39. The van der Waals surface area contributed by atoms with E-state index in [1.165, 1.54) is 0 Å². The highest BCUT2D eigenvalue weighted by Gasteiger charge is 2.30. The van der Waals surface area contributed by atoms with Crippen molar-refractivity contribution in [2.75, 3.05) is 6.61 Å². The number of benzene rings is 1. The summed E-state index contributed by atoms with van der Waals surface area (Å²) in [6, 6.07) is 2.41. The maximum Gasteiger partial charge on any atom is 0.422 e. The van der Waals surface area contributed by atoms with Crippen LogP contribution in [0.15, 0.2) is 18.2 Å². The SMILES string of the molecule is O=C(NC1CCC(C(=O)O)CC1)c1cc(OCC(F)(F)F)ccc1[N+](=O)[O-]. The van der Waals surface area contributed by atoms with Crippen LogP contribution in [-0.2, 0) is 4.79 Å². The van der Waals surface area contributed by atoms with Gasteiger partial charge in [-0.1, -0.05) is 0 Å². The number of carbonyl (C=O) groups excluding carboxylic acids is 1. The van der Waals surface area contributed by atoms with Gasteiger partial charge in [-0.05, 0) is 37.8 Å². The van der Waals surface area contributed by atoms with Crippen molar-refractivity contribution in [1.29, 1.82) is 0 Å². The number of nitrogens with zero attached hydrogens (tertiary/aromatic N) is 1. The number of carboxylic acids is 1. The lowest BCUT2D eigenvalue weighted by Gasteiger charge is -2.26. The molecular formula is C16H17F3N2O6. The van der Waals surface area contributed by atoms with E-state index in [4.69, 9.17) is 5.11 Å². The average molecular weight is 390 g/mol. The Balaban J connectivity index is 2.11. The Morgan fingerprint density at radius 1 is 1.26 bits per heavy atom. The molecular weight excluding hydrogens is 373 g/mol. The molecule has 0 unspecified atom stereocenters. The van der Waals surface area contributed by atoms with Crippen LogP contribution in [0.25, 0.3) is 0 Å². The first-order valence-corrected chi connectivity index (χ1v) is 8.08. The van der Waals surface area contributed by atoms with Crippen molar-refractivity contribution in [2.45, 2.75) is 37.9 Å². The minimum Gasteiger partial charge on any atom is -0.484 e. The first-order chi connectivity index (χ1) is 12.6. The number of amides is 1. The number of carboxylic acid groups (broad SMARTS) is 1. The Labute approximate surface area is 151 Å². The van der Waals surface area contributed by atoms with Crippen molar-refractivity contribution in [3.63, 3.8) is 0 Å². The molecule has 0 heterocycles. The Bertz CT molecular complexity index is 729. The number of aliphatic carboxylic acids is 1. The van der Waals surface area contributed by atoms with Gasteiger partial charge in [0, 0.05) is 12.1 Å². The molecule has 0 saturated heterocycles. The van der Waals surface area contributed by atoms with Gasteiger partial charge in [0.15, 0.2) is 6.61 Å². The van der Waals surface area contributed by atoms with Crippen molar-refractivity contribution in [2.24, 2.45) is 5.92 Å². The van der Waals surface area contributed by atoms with Crippen LogP contribution >= 0.6 is 0 Å². The molecule has 1 saturated carbocycles. The summed E-state index contributed by atoms with van der Waals surface area (Å²) in [5.74, 6) is -2.55. The molecule has 2 N–H and O–H groups in total. The predicted molar refractivity (Wildman–Crippen MR) is 85.5 cm³/mol. The number of ether oxygens (including phenoxy) is 1. The molecule has 0 aromatic heterocycles. The van der Waals surface area contributed by atoms with Gasteiger partial charge < -0.3 is 15.2 Å². The fourth-order valence-electron chi connectivity index (χ4n) is 2.86. The lowest BCUT2D eigenvalue weighted by atomic mass is 9.86. The highest BCUT2D eigenvalue weighted by atomic mass is 19.4. The highest BCUT2D eigenvalue weighted by Crippen LogP contribution is 2.28. The smallest absolute Gasteiger partial charge is 0.422 e. The zero-order valence-electron chi connectivity index (χ0n) is 14.0. The van der Waals surface area contributed by atoms with Crippen molar-refractivity contribution in [3.05, 3.63) is 33.9 Å². The fourth-order valence-corrected chi connectivity index (χ4v) is 2.86. The van der Waals surface area contributed by atoms with E-state index >= 15 is 0 Å². The molecule has 1 aliphatic carbocycles. The summed E-state index contributed by atoms with van der Waals surface area (Å²) in [5.41, 5.74) is -0.980. The average Bonchev–Trinajstić information content (AvgIpc) is 2.59. The summed E-state index contributed by atoms with van der Waals surface area (Å²) in [7, 11) is 0. The summed E-state index contributed by atoms with van der Waals surface area (Å²) in [6.45, 7) is -1.59. The molecule has 1 amide bonds. The number of nitro groups is 1.